The molecule has 17 heavy (non-hydrogen) atoms. The molecular weight excluding hydrogens is 206 g/mol. The standard InChI is InChI=1S/C16H27N/c1-10(7-13(4)17)8-16-14(5)11(2)9-12(3)15(16)6/h9-10,13H,7-8,17H2,1-6H3. The summed E-state index contributed by atoms with van der Waals surface area (Å²) in [6.45, 7) is 13.3. The SMILES string of the molecule is Cc1cc(C)c(C)c(CC(C)CC(C)N)c1C. The van der Waals surface area contributed by atoms with Crippen LogP contribution < -0.4 is 5.73 Å². The van der Waals surface area contributed by atoms with Crippen LogP contribution in [0.4, 0.5) is 0 Å². The average Bonchev–Trinajstić information content (AvgIpc) is 2.20. The number of benzene rings is 1. The number of nitrogens with two attached hydrogens (primary N) is 1. The Morgan fingerprint density at radius 3 is 1.88 bits per heavy atom. The molecule has 1 aromatic carbocycles. The molecule has 2 atom stereocenters. The molecule has 0 saturated heterocycles. The average molecular weight is 233 g/mol. The summed E-state index contributed by atoms with van der Waals surface area (Å²) < 4.78 is 0. The van der Waals surface area contributed by atoms with Crippen molar-refractivity contribution < 1.29 is 0 Å². The third kappa shape index (κ3) is 3.57. The van der Waals surface area contributed by atoms with Gasteiger partial charge >= 0.3 is 0 Å². The molecule has 2 unspecified atom stereocenters. The van der Waals surface area contributed by atoms with Crippen LogP contribution in [0.2, 0.25) is 0 Å². The first-order valence-electron chi connectivity index (χ1n) is 6.64. The summed E-state index contributed by atoms with van der Waals surface area (Å²) in [5, 5.41) is 0. The lowest BCUT2D eigenvalue weighted by Gasteiger charge is -2.20. The van der Waals surface area contributed by atoms with E-state index in [2.05, 4.69) is 47.6 Å². The normalized spacial score (nSPS) is 14.8. The lowest BCUT2D eigenvalue weighted by atomic mass is 9.87. The summed E-state index contributed by atoms with van der Waals surface area (Å²) in [5.41, 5.74) is 13.2. The minimum absolute atomic E-state index is 0.302. The summed E-state index contributed by atoms with van der Waals surface area (Å²) in [4.78, 5) is 0. The van der Waals surface area contributed by atoms with Crippen molar-refractivity contribution in [3.8, 4) is 0 Å². The second-order valence-corrected chi connectivity index (χ2v) is 5.76. The van der Waals surface area contributed by atoms with Crippen molar-refractivity contribution in [1.29, 1.82) is 0 Å². The summed E-state index contributed by atoms with van der Waals surface area (Å²) in [6.07, 6.45) is 2.26. The fourth-order valence-corrected chi connectivity index (χ4v) is 2.67. The number of rotatable bonds is 4. The zero-order chi connectivity index (χ0) is 13.2. The summed E-state index contributed by atoms with van der Waals surface area (Å²) >= 11 is 0. The molecule has 0 aliphatic heterocycles. The van der Waals surface area contributed by atoms with Crippen LogP contribution in [-0.4, -0.2) is 6.04 Å². The Kier molecular flexibility index (Phi) is 4.76. The molecule has 0 radical (unpaired) electrons. The first kappa shape index (κ1) is 14.2. The highest BCUT2D eigenvalue weighted by Gasteiger charge is 2.13. The summed E-state index contributed by atoms with van der Waals surface area (Å²) in [5.74, 6) is 0.661. The van der Waals surface area contributed by atoms with E-state index in [0.717, 1.165) is 12.8 Å². The molecule has 1 aromatic rings. The molecule has 0 spiro atoms. The lowest BCUT2D eigenvalue weighted by molar-refractivity contribution is 0.478. The van der Waals surface area contributed by atoms with E-state index in [0.29, 0.717) is 12.0 Å². The Morgan fingerprint density at radius 2 is 1.47 bits per heavy atom. The van der Waals surface area contributed by atoms with Gasteiger partial charge < -0.3 is 5.73 Å². The maximum Gasteiger partial charge on any atom is 0.00131 e. The van der Waals surface area contributed by atoms with Crippen molar-refractivity contribution in [2.45, 2.75) is 60.4 Å². The molecule has 0 aromatic heterocycles. The van der Waals surface area contributed by atoms with Crippen LogP contribution in [0.3, 0.4) is 0 Å². The van der Waals surface area contributed by atoms with Gasteiger partial charge in [-0.25, -0.2) is 0 Å². The molecule has 0 bridgehead atoms. The van der Waals surface area contributed by atoms with Gasteiger partial charge in [0.05, 0.1) is 0 Å². The monoisotopic (exact) mass is 233 g/mol. The summed E-state index contributed by atoms with van der Waals surface area (Å²) in [6, 6.07) is 2.60. The predicted molar refractivity (Wildman–Crippen MR) is 76.5 cm³/mol. The quantitative estimate of drug-likeness (QED) is 0.840. The summed E-state index contributed by atoms with van der Waals surface area (Å²) in [7, 11) is 0. The largest absolute Gasteiger partial charge is 0.328 e. The van der Waals surface area contributed by atoms with Crippen LogP contribution in [-0.2, 0) is 6.42 Å². The van der Waals surface area contributed by atoms with Gasteiger partial charge in [-0.2, -0.15) is 0 Å². The maximum absolute atomic E-state index is 5.88. The Morgan fingerprint density at radius 1 is 1.00 bits per heavy atom. The smallest absolute Gasteiger partial charge is 0.00131 e. The van der Waals surface area contributed by atoms with Crippen molar-refractivity contribution in [2.24, 2.45) is 11.7 Å². The van der Waals surface area contributed by atoms with E-state index in [1.807, 2.05) is 0 Å². The van der Waals surface area contributed by atoms with Crippen LogP contribution in [0.15, 0.2) is 6.07 Å². The zero-order valence-electron chi connectivity index (χ0n) is 12.2. The van der Waals surface area contributed by atoms with Crippen LogP contribution >= 0.6 is 0 Å². The first-order chi connectivity index (χ1) is 7.82. The van der Waals surface area contributed by atoms with E-state index >= 15 is 0 Å². The molecule has 96 valence electrons. The second kappa shape index (κ2) is 5.68. The Balaban J connectivity index is 2.97. The molecule has 0 aliphatic rings. The van der Waals surface area contributed by atoms with Gasteiger partial charge in [0.25, 0.3) is 0 Å². The lowest BCUT2D eigenvalue weighted by Crippen LogP contribution is -2.20. The van der Waals surface area contributed by atoms with Crippen LogP contribution in [0.5, 0.6) is 0 Å². The minimum atomic E-state index is 0.302. The minimum Gasteiger partial charge on any atom is -0.328 e. The molecule has 0 heterocycles. The van der Waals surface area contributed by atoms with Crippen molar-refractivity contribution in [2.75, 3.05) is 0 Å². The van der Waals surface area contributed by atoms with Gasteiger partial charge in [0.15, 0.2) is 0 Å². The predicted octanol–water partition coefficient (Wildman–Crippen LogP) is 3.84. The van der Waals surface area contributed by atoms with Crippen molar-refractivity contribution >= 4 is 0 Å². The van der Waals surface area contributed by atoms with E-state index in [4.69, 9.17) is 5.73 Å². The number of hydrogen-bond donors (Lipinski definition) is 1. The molecule has 0 saturated carbocycles. The third-order valence-corrected chi connectivity index (χ3v) is 3.85. The van der Waals surface area contributed by atoms with E-state index in [-0.39, 0.29) is 0 Å². The van der Waals surface area contributed by atoms with E-state index in [9.17, 15) is 0 Å². The van der Waals surface area contributed by atoms with Crippen molar-refractivity contribution in [1.82, 2.24) is 0 Å². The second-order valence-electron chi connectivity index (χ2n) is 5.76. The molecular formula is C16H27N. The van der Waals surface area contributed by atoms with Gasteiger partial charge in [-0.05, 0) is 81.2 Å². The number of hydrogen-bond acceptors (Lipinski definition) is 1. The van der Waals surface area contributed by atoms with Crippen LogP contribution in [0.25, 0.3) is 0 Å². The van der Waals surface area contributed by atoms with E-state index < -0.39 is 0 Å². The van der Waals surface area contributed by atoms with Gasteiger partial charge in [-0.3, -0.25) is 0 Å². The van der Waals surface area contributed by atoms with Crippen molar-refractivity contribution in [3.05, 3.63) is 33.9 Å². The van der Waals surface area contributed by atoms with Gasteiger partial charge in [0.1, 0.15) is 0 Å². The Hall–Kier alpha value is -0.820. The first-order valence-corrected chi connectivity index (χ1v) is 6.64. The van der Waals surface area contributed by atoms with Gasteiger partial charge in [0.2, 0.25) is 0 Å². The van der Waals surface area contributed by atoms with Crippen LogP contribution in [0.1, 0.15) is 48.1 Å². The zero-order valence-corrected chi connectivity index (χ0v) is 12.2. The molecule has 0 aliphatic carbocycles. The van der Waals surface area contributed by atoms with E-state index in [1.165, 1.54) is 27.8 Å². The molecule has 1 rings (SSSR count). The van der Waals surface area contributed by atoms with Gasteiger partial charge in [-0.1, -0.05) is 13.0 Å². The maximum atomic E-state index is 5.88. The highest BCUT2D eigenvalue weighted by Crippen LogP contribution is 2.25. The number of aryl methyl sites for hydroxylation is 2. The molecule has 1 nitrogen and oxygen atoms in total. The highest BCUT2D eigenvalue weighted by molar-refractivity contribution is 5.44. The van der Waals surface area contributed by atoms with Crippen LogP contribution in [0, 0.1) is 33.6 Å². The fraction of sp³-hybridized carbons (Fsp3) is 0.625. The topological polar surface area (TPSA) is 26.0 Å². The molecule has 2 N–H and O–H groups in total. The Labute approximate surface area is 106 Å². The highest BCUT2D eigenvalue weighted by atomic mass is 14.6. The molecule has 1 heteroatoms. The van der Waals surface area contributed by atoms with Gasteiger partial charge in [0, 0.05) is 6.04 Å². The molecule has 0 fully saturated rings. The van der Waals surface area contributed by atoms with Crippen molar-refractivity contribution in [3.63, 3.8) is 0 Å². The van der Waals surface area contributed by atoms with Gasteiger partial charge in [-0.15, -0.1) is 0 Å². The third-order valence-electron chi connectivity index (χ3n) is 3.85. The van der Waals surface area contributed by atoms with E-state index in [1.54, 1.807) is 0 Å². The Bertz CT molecular complexity index is 365. The molecule has 0 amide bonds. The fourth-order valence-electron chi connectivity index (χ4n) is 2.67.